The Morgan fingerprint density at radius 1 is 1.57 bits per heavy atom. The van der Waals surface area contributed by atoms with E-state index in [9.17, 15) is 0 Å². The molecule has 2 heterocycles. The molecular formula is C10H8N4. The molecule has 1 N–H and O–H groups in total. The number of allylic oxidation sites excluding steroid dienone is 1. The third-order valence-electron chi connectivity index (χ3n) is 1.85. The predicted octanol–water partition coefficient (Wildman–Crippen LogP) is 1.88. The number of fused-ring (bicyclic) bond motifs is 1. The van der Waals surface area contributed by atoms with Gasteiger partial charge >= 0.3 is 0 Å². The van der Waals surface area contributed by atoms with Gasteiger partial charge in [-0.05, 0) is 18.2 Å². The summed E-state index contributed by atoms with van der Waals surface area (Å²) in [6, 6.07) is 5.84. The Morgan fingerprint density at radius 2 is 2.50 bits per heavy atom. The van der Waals surface area contributed by atoms with Crippen LogP contribution in [-0.2, 0) is 0 Å². The molecule has 0 spiro atoms. The van der Waals surface area contributed by atoms with Crippen LogP contribution >= 0.6 is 0 Å². The van der Waals surface area contributed by atoms with Gasteiger partial charge in [0.1, 0.15) is 0 Å². The van der Waals surface area contributed by atoms with Gasteiger partial charge in [0.05, 0.1) is 18.2 Å². The fourth-order valence-corrected chi connectivity index (χ4v) is 1.23. The van der Waals surface area contributed by atoms with Gasteiger partial charge in [0.25, 0.3) is 0 Å². The van der Waals surface area contributed by atoms with Crippen molar-refractivity contribution in [2.45, 2.75) is 6.42 Å². The summed E-state index contributed by atoms with van der Waals surface area (Å²) in [7, 11) is 0. The van der Waals surface area contributed by atoms with Gasteiger partial charge < -0.3 is 0 Å². The van der Waals surface area contributed by atoms with E-state index in [0.29, 0.717) is 12.1 Å². The van der Waals surface area contributed by atoms with Crippen molar-refractivity contribution in [3.63, 3.8) is 0 Å². The number of H-pyrrole nitrogens is 1. The molecule has 0 aliphatic heterocycles. The van der Waals surface area contributed by atoms with Crippen LogP contribution in [0.3, 0.4) is 0 Å². The zero-order chi connectivity index (χ0) is 9.80. The van der Waals surface area contributed by atoms with Crippen LogP contribution in [0, 0.1) is 11.3 Å². The Morgan fingerprint density at radius 3 is 3.36 bits per heavy atom. The second-order valence-corrected chi connectivity index (χ2v) is 2.78. The molecule has 4 heteroatoms. The van der Waals surface area contributed by atoms with Gasteiger partial charge in [-0.15, -0.1) is 0 Å². The molecule has 68 valence electrons. The molecule has 0 aromatic carbocycles. The number of nitrogens with one attached hydrogen (secondary N) is 1. The van der Waals surface area contributed by atoms with E-state index >= 15 is 0 Å². The molecule has 0 atom stereocenters. The average Bonchev–Trinajstić information content (AvgIpc) is 2.63. The van der Waals surface area contributed by atoms with Crippen molar-refractivity contribution in [1.29, 1.82) is 5.26 Å². The standard InChI is InChI=1S/C10H8N4/c11-6-2-1-5-9-8-4-3-7-12-10(8)14-13-9/h1,3-5,7H,2H2,(H,12,13,14). The highest BCUT2D eigenvalue weighted by molar-refractivity contribution is 5.83. The first kappa shape index (κ1) is 8.45. The molecule has 2 aromatic rings. The molecule has 14 heavy (non-hydrogen) atoms. The summed E-state index contributed by atoms with van der Waals surface area (Å²) in [5.74, 6) is 0. The van der Waals surface area contributed by atoms with Crippen molar-refractivity contribution in [3.8, 4) is 6.07 Å². The van der Waals surface area contributed by atoms with Gasteiger partial charge in [0.2, 0.25) is 0 Å². The second-order valence-electron chi connectivity index (χ2n) is 2.78. The molecule has 0 unspecified atom stereocenters. The molecule has 0 radical (unpaired) electrons. The van der Waals surface area contributed by atoms with Gasteiger partial charge in [-0.1, -0.05) is 6.08 Å². The third kappa shape index (κ3) is 1.48. The van der Waals surface area contributed by atoms with Gasteiger partial charge in [-0.25, -0.2) is 4.98 Å². The first-order valence-corrected chi connectivity index (χ1v) is 4.24. The van der Waals surface area contributed by atoms with Crippen molar-refractivity contribution in [1.82, 2.24) is 15.2 Å². The lowest BCUT2D eigenvalue weighted by Crippen LogP contribution is -1.73. The van der Waals surface area contributed by atoms with Crippen LogP contribution in [0.25, 0.3) is 17.1 Å². The number of hydrogen-bond donors (Lipinski definition) is 1. The number of nitrogens with zero attached hydrogens (tertiary/aromatic N) is 3. The number of aromatic nitrogens is 3. The van der Waals surface area contributed by atoms with E-state index in [4.69, 9.17) is 5.26 Å². The van der Waals surface area contributed by atoms with Crippen LogP contribution < -0.4 is 0 Å². The molecular weight excluding hydrogens is 176 g/mol. The zero-order valence-corrected chi connectivity index (χ0v) is 7.44. The first-order valence-electron chi connectivity index (χ1n) is 4.24. The van der Waals surface area contributed by atoms with Crippen LogP contribution in [0.5, 0.6) is 0 Å². The summed E-state index contributed by atoms with van der Waals surface area (Å²) in [4.78, 5) is 4.09. The number of aromatic amines is 1. The minimum Gasteiger partial charge on any atom is -0.276 e. The van der Waals surface area contributed by atoms with E-state index < -0.39 is 0 Å². The summed E-state index contributed by atoms with van der Waals surface area (Å²) in [6.45, 7) is 0. The molecule has 2 aromatic heterocycles. The number of nitriles is 1. The fourth-order valence-electron chi connectivity index (χ4n) is 1.23. The summed E-state index contributed by atoms with van der Waals surface area (Å²) in [6.07, 6.45) is 5.74. The molecule has 0 aliphatic carbocycles. The lowest BCUT2D eigenvalue weighted by Gasteiger charge is -1.86. The van der Waals surface area contributed by atoms with Crippen molar-refractivity contribution in [3.05, 3.63) is 30.1 Å². The quantitative estimate of drug-likeness (QED) is 0.774. The van der Waals surface area contributed by atoms with E-state index in [-0.39, 0.29) is 0 Å². The monoisotopic (exact) mass is 184 g/mol. The van der Waals surface area contributed by atoms with Crippen LogP contribution in [-0.4, -0.2) is 15.2 Å². The Labute approximate surface area is 80.9 Å². The number of rotatable bonds is 2. The Bertz CT molecular complexity index is 504. The molecule has 0 aliphatic rings. The molecule has 0 amide bonds. The minimum absolute atomic E-state index is 0.404. The van der Waals surface area contributed by atoms with E-state index in [1.165, 1.54) is 0 Å². The van der Waals surface area contributed by atoms with Crippen molar-refractivity contribution in [2.75, 3.05) is 0 Å². The van der Waals surface area contributed by atoms with Gasteiger partial charge in [-0.2, -0.15) is 10.4 Å². The maximum absolute atomic E-state index is 8.37. The SMILES string of the molecule is N#CCC=Cc1[nH]nc2ncccc12. The lowest BCUT2D eigenvalue weighted by atomic mass is 10.2. The van der Waals surface area contributed by atoms with Gasteiger partial charge in [0.15, 0.2) is 5.65 Å². The van der Waals surface area contributed by atoms with Crippen LogP contribution in [0.4, 0.5) is 0 Å². The molecule has 2 rings (SSSR count). The highest BCUT2D eigenvalue weighted by Gasteiger charge is 2.00. The van der Waals surface area contributed by atoms with E-state index in [1.54, 1.807) is 12.3 Å². The van der Waals surface area contributed by atoms with E-state index in [1.807, 2.05) is 24.3 Å². The molecule has 0 saturated carbocycles. The smallest absolute Gasteiger partial charge is 0.181 e. The summed E-state index contributed by atoms with van der Waals surface area (Å²) < 4.78 is 0. The summed E-state index contributed by atoms with van der Waals surface area (Å²) in [5, 5.41) is 16.2. The molecule has 0 saturated heterocycles. The summed E-state index contributed by atoms with van der Waals surface area (Å²) in [5.41, 5.74) is 1.59. The topological polar surface area (TPSA) is 65.4 Å². The van der Waals surface area contributed by atoms with Crippen LogP contribution in [0.2, 0.25) is 0 Å². The van der Waals surface area contributed by atoms with Gasteiger partial charge in [-0.3, -0.25) is 5.10 Å². The fraction of sp³-hybridized carbons (Fsp3) is 0.100. The number of pyridine rings is 1. The molecule has 4 nitrogen and oxygen atoms in total. The Kier molecular flexibility index (Phi) is 2.24. The highest BCUT2D eigenvalue weighted by Crippen LogP contribution is 2.13. The largest absolute Gasteiger partial charge is 0.276 e. The maximum atomic E-state index is 8.37. The Balaban J connectivity index is 2.39. The highest BCUT2D eigenvalue weighted by atomic mass is 15.1. The van der Waals surface area contributed by atoms with E-state index in [2.05, 4.69) is 15.2 Å². The molecule has 0 bridgehead atoms. The maximum Gasteiger partial charge on any atom is 0.181 e. The van der Waals surface area contributed by atoms with Gasteiger partial charge in [0, 0.05) is 11.6 Å². The van der Waals surface area contributed by atoms with Crippen molar-refractivity contribution >= 4 is 17.1 Å². The number of hydrogen-bond acceptors (Lipinski definition) is 3. The minimum atomic E-state index is 0.404. The Hall–Kier alpha value is -2.15. The second kappa shape index (κ2) is 3.71. The first-order chi connectivity index (χ1) is 6.92. The van der Waals surface area contributed by atoms with Crippen molar-refractivity contribution in [2.24, 2.45) is 0 Å². The average molecular weight is 184 g/mol. The van der Waals surface area contributed by atoms with Crippen LogP contribution in [0.1, 0.15) is 12.1 Å². The zero-order valence-electron chi connectivity index (χ0n) is 7.44. The predicted molar refractivity (Wildman–Crippen MR) is 53.2 cm³/mol. The lowest BCUT2D eigenvalue weighted by molar-refractivity contribution is 1.09. The third-order valence-corrected chi connectivity index (χ3v) is 1.85. The van der Waals surface area contributed by atoms with E-state index in [0.717, 1.165) is 11.1 Å². The van der Waals surface area contributed by atoms with Crippen LogP contribution in [0.15, 0.2) is 24.4 Å². The molecule has 0 fully saturated rings. The normalized spacial score (nSPS) is 10.8. The summed E-state index contributed by atoms with van der Waals surface area (Å²) >= 11 is 0. The van der Waals surface area contributed by atoms with Crippen molar-refractivity contribution < 1.29 is 0 Å².